The number of aromatic nitrogens is 1. The van der Waals surface area contributed by atoms with Crippen LogP contribution in [0, 0.1) is 0 Å². The molecule has 0 bridgehead atoms. The van der Waals surface area contributed by atoms with Crippen molar-refractivity contribution in [3.63, 3.8) is 0 Å². The molecule has 0 saturated carbocycles. The van der Waals surface area contributed by atoms with Crippen molar-refractivity contribution in [1.82, 2.24) is 9.29 Å². The molecular weight excluding hydrogens is 386 g/mol. The van der Waals surface area contributed by atoms with Gasteiger partial charge in [-0.1, -0.05) is 29.5 Å². The van der Waals surface area contributed by atoms with Gasteiger partial charge < -0.3 is 4.74 Å². The highest BCUT2D eigenvalue weighted by atomic mass is 32.2. The molecule has 3 aromatic rings. The number of fused-ring (bicyclic) bond motifs is 1. The minimum Gasteiger partial charge on any atom is -0.481 e. The van der Waals surface area contributed by atoms with Gasteiger partial charge in [-0.2, -0.15) is 0 Å². The van der Waals surface area contributed by atoms with Gasteiger partial charge in [-0.25, -0.2) is 17.7 Å². The molecule has 0 saturated heterocycles. The number of ether oxygens (including phenoxy) is 1. The highest BCUT2D eigenvalue weighted by molar-refractivity contribution is 7.89. The maximum Gasteiger partial charge on any atom is 0.266 e. The third-order valence-electron chi connectivity index (χ3n) is 3.79. The largest absolute Gasteiger partial charge is 0.481 e. The van der Waals surface area contributed by atoms with Crippen LogP contribution in [-0.4, -0.2) is 43.8 Å². The third-order valence-corrected chi connectivity index (χ3v) is 6.54. The second-order valence-electron chi connectivity index (χ2n) is 6.00. The van der Waals surface area contributed by atoms with Crippen LogP contribution in [0.4, 0.5) is 5.13 Å². The molecule has 1 aromatic heterocycles. The highest BCUT2D eigenvalue weighted by Crippen LogP contribution is 2.29. The fraction of sp³-hybridized carbons (Fsp3) is 0.222. The number of nitrogens with one attached hydrogen (secondary N) is 1. The van der Waals surface area contributed by atoms with E-state index < -0.39 is 16.1 Å². The van der Waals surface area contributed by atoms with Gasteiger partial charge in [0.25, 0.3) is 5.91 Å². The zero-order chi connectivity index (χ0) is 19.6. The first-order valence-electron chi connectivity index (χ1n) is 8.13. The average Bonchev–Trinajstić information content (AvgIpc) is 3.03. The van der Waals surface area contributed by atoms with Crippen molar-refractivity contribution >= 4 is 42.6 Å². The molecule has 7 nitrogen and oxygen atoms in total. The number of carbonyl (C=O) groups is 1. The Morgan fingerprint density at radius 2 is 1.89 bits per heavy atom. The van der Waals surface area contributed by atoms with E-state index in [0.717, 1.165) is 4.31 Å². The van der Waals surface area contributed by atoms with Gasteiger partial charge in [-0.15, -0.1) is 0 Å². The zero-order valence-corrected chi connectivity index (χ0v) is 16.7. The summed E-state index contributed by atoms with van der Waals surface area (Å²) in [5.41, 5.74) is 0.615. The average molecular weight is 406 g/mol. The van der Waals surface area contributed by atoms with Crippen LogP contribution >= 0.6 is 11.3 Å². The first-order valence-corrected chi connectivity index (χ1v) is 10.4. The Morgan fingerprint density at radius 1 is 1.19 bits per heavy atom. The van der Waals surface area contributed by atoms with Crippen molar-refractivity contribution in [1.29, 1.82) is 0 Å². The summed E-state index contributed by atoms with van der Waals surface area (Å²) in [6.07, 6.45) is -0.705. The molecule has 1 amide bonds. The maximum absolute atomic E-state index is 12.3. The van der Waals surface area contributed by atoms with Crippen molar-refractivity contribution < 1.29 is 17.9 Å². The Bertz CT molecular complexity index is 1060. The standard InChI is InChI=1S/C18H19N3O4S2/c1-12(25-13-7-5-4-6-8-13)17(22)20-18-19-15-10-9-14(11-16(15)26-18)27(23,24)21(2)3/h4-12H,1-3H3,(H,19,20,22). The number of hydrogen-bond donors (Lipinski definition) is 1. The fourth-order valence-electron chi connectivity index (χ4n) is 2.29. The minimum atomic E-state index is -3.53. The molecule has 0 radical (unpaired) electrons. The van der Waals surface area contributed by atoms with E-state index in [0.29, 0.717) is 21.1 Å². The molecule has 0 aliphatic carbocycles. The normalized spacial score (nSPS) is 12.9. The second kappa shape index (κ2) is 7.63. The van der Waals surface area contributed by atoms with E-state index in [1.54, 1.807) is 31.2 Å². The highest BCUT2D eigenvalue weighted by Gasteiger charge is 2.20. The molecule has 0 fully saturated rings. The number of carbonyl (C=O) groups excluding carboxylic acids is 1. The lowest BCUT2D eigenvalue weighted by Gasteiger charge is -2.13. The molecule has 3 rings (SSSR count). The van der Waals surface area contributed by atoms with Crippen LogP contribution in [0.5, 0.6) is 5.75 Å². The molecule has 0 aliphatic heterocycles. The summed E-state index contributed by atoms with van der Waals surface area (Å²) < 4.78 is 31.9. The maximum atomic E-state index is 12.3. The number of amides is 1. The van der Waals surface area contributed by atoms with Gasteiger partial charge in [0.1, 0.15) is 5.75 Å². The van der Waals surface area contributed by atoms with Gasteiger partial charge in [-0.05, 0) is 37.3 Å². The Morgan fingerprint density at radius 3 is 2.56 bits per heavy atom. The van der Waals surface area contributed by atoms with Crippen molar-refractivity contribution in [2.75, 3.05) is 19.4 Å². The van der Waals surface area contributed by atoms with Crippen LogP contribution in [-0.2, 0) is 14.8 Å². The minimum absolute atomic E-state index is 0.183. The molecule has 9 heteroatoms. The molecule has 0 spiro atoms. The molecule has 0 aliphatic rings. The van der Waals surface area contributed by atoms with Gasteiger partial charge in [-0.3, -0.25) is 10.1 Å². The number of benzene rings is 2. The Hall–Kier alpha value is -2.49. The summed E-state index contributed by atoms with van der Waals surface area (Å²) in [4.78, 5) is 16.9. The van der Waals surface area contributed by atoms with E-state index in [4.69, 9.17) is 4.74 Å². The molecule has 1 unspecified atom stereocenters. The van der Waals surface area contributed by atoms with E-state index in [1.165, 1.54) is 31.5 Å². The number of thiazole rings is 1. The first kappa shape index (κ1) is 19.3. The number of para-hydroxylation sites is 1. The molecule has 2 aromatic carbocycles. The van der Waals surface area contributed by atoms with Gasteiger partial charge in [0.2, 0.25) is 10.0 Å². The van der Waals surface area contributed by atoms with E-state index in [-0.39, 0.29) is 10.8 Å². The lowest BCUT2D eigenvalue weighted by Crippen LogP contribution is -2.30. The Labute approximate surface area is 161 Å². The summed E-state index contributed by atoms with van der Waals surface area (Å²) in [7, 11) is -0.569. The van der Waals surface area contributed by atoms with Crippen molar-refractivity contribution in [3.8, 4) is 5.75 Å². The molecular formula is C18H19N3O4S2. The van der Waals surface area contributed by atoms with Crippen LogP contribution in [0.15, 0.2) is 53.4 Å². The van der Waals surface area contributed by atoms with E-state index >= 15 is 0 Å². The smallest absolute Gasteiger partial charge is 0.266 e. The third kappa shape index (κ3) is 4.26. The lowest BCUT2D eigenvalue weighted by atomic mass is 10.3. The molecule has 1 N–H and O–H groups in total. The van der Waals surface area contributed by atoms with Crippen LogP contribution < -0.4 is 10.1 Å². The van der Waals surface area contributed by atoms with Gasteiger partial charge >= 0.3 is 0 Å². The number of nitrogens with zero attached hydrogens (tertiary/aromatic N) is 2. The van der Waals surface area contributed by atoms with Crippen LogP contribution in [0.1, 0.15) is 6.92 Å². The Kier molecular flexibility index (Phi) is 5.45. The molecule has 1 atom stereocenters. The number of sulfonamides is 1. The SMILES string of the molecule is CC(Oc1ccccc1)C(=O)Nc1nc2ccc(S(=O)(=O)N(C)C)cc2s1. The molecule has 27 heavy (non-hydrogen) atoms. The van der Waals surface area contributed by atoms with E-state index in [1.807, 2.05) is 18.2 Å². The number of anilines is 1. The van der Waals surface area contributed by atoms with Crippen molar-refractivity contribution in [3.05, 3.63) is 48.5 Å². The van der Waals surface area contributed by atoms with Crippen LogP contribution in [0.3, 0.4) is 0 Å². The Balaban J connectivity index is 1.76. The second-order valence-corrected chi connectivity index (χ2v) is 9.18. The molecule has 1 heterocycles. The summed E-state index contributed by atoms with van der Waals surface area (Å²) in [6, 6.07) is 13.7. The van der Waals surface area contributed by atoms with E-state index in [9.17, 15) is 13.2 Å². The summed E-state index contributed by atoms with van der Waals surface area (Å²) in [5.74, 6) is 0.266. The summed E-state index contributed by atoms with van der Waals surface area (Å²) in [5, 5.41) is 3.10. The van der Waals surface area contributed by atoms with Crippen LogP contribution in [0.25, 0.3) is 10.2 Å². The van der Waals surface area contributed by atoms with Gasteiger partial charge in [0, 0.05) is 14.1 Å². The van der Waals surface area contributed by atoms with E-state index in [2.05, 4.69) is 10.3 Å². The monoisotopic (exact) mass is 405 g/mol. The number of rotatable bonds is 6. The quantitative estimate of drug-likeness (QED) is 0.681. The lowest BCUT2D eigenvalue weighted by molar-refractivity contribution is -0.122. The summed E-state index contributed by atoms with van der Waals surface area (Å²) >= 11 is 1.21. The van der Waals surface area contributed by atoms with Gasteiger partial charge in [0.05, 0.1) is 15.1 Å². The zero-order valence-electron chi connectivity index (χ0n) is 15.0. The molecule has 142 valence electrons. The predicted octanol–water partition coefficient (Wildman–Crippen LogP) is 2.95. The number of hydrogen-bond acceptors (Lipinski definition) is 6. The van der Waals surface area contributed by atoms with Gasteiger partial charge in [0.15, 0.2) is 11.2 Å². The van der Waals surface area contributed by atoms with Crippen LogP contribution in [0.2, 0.25) is 0 Å². The van der Waals surface area contributed by atoms with Crippen molar-refractivity contribution in [2.24, 2.45) is 0 Å². The van der Waals surface area contributed by atoms with Crippen molar-refractivity contribution in [2.45, 2.75) is 17.9 Å². The topological polar surface area (TPSA) is 88.6 Å². The fourth-order valence-corrected chi connectivity index (χ4v) is 4.20. The first-order chi connectivity index (χ1) is 12.8. The summed E-state index contributed by atoms with van der Waals surface area (Å²) in [6.45, 7) is 1.65. The predicted molar refractivity (Wildman–Crippen MR) is 106 cm³/mol.